The van der Waals surface area contributed by atoms with Crippen LogP contribution in [0.1, 0.15) is 48.7 Å². The molecule has 1 N–H and O–H groups in total. The maximum absolute atomic E-state index is 13.6. The quantitative estimate of drug-likeness (QED) is 0.486. The number of hydrogen-bond acceptors (Lipinski definition) is 7. The highest BCUT2D eigenvalue weighted by atomic mass is 16.6. The molecule has 0 bridgehead atoms. The lowest BCUT2D eigenvalue weighted by atomic mass is 9.73. The second kappa shape index (κ2) is 9.89. The van der Waals surface area contributed by atoms with E-state index in [1.54, 1.807) is 7.11 Å². The Bertz CT molecular complexity index is 1140. The fourth-order valence-corrected chi connectivity index (χ4v) is 4.78. The van der Waals surface area contributed by atoms with Crippen LogP contribution in [-0.2, 0) is 19.1 Å². The van der Waals surface area contributed by atoms with Crippen LogP contribution in [0.5, 0.6) is 0 Å². The number of nitrogens with one attached hydrogen (secondary N) is 1. The lowest BCUT2D eigenvalue weighted by Crippen LogP contribution is -2.36. The molecule has 0 amide bonds. The van der Waals surface area contributed by atoms with Gasteiger partial charge in [0.05, 0.1) is 18.1 Å². The van der Waals surface area contributed by atoms with E-state index in [0.29, 0.717) is 42.1 Å². The Labute approximate surface area is 200 Å². The minimum atomic E-state index is -0.593. The highest BCUT2D eigenvalue weighted by Gasteiger charge is 2.42. The summed E-state index contributed by atoms with van der Waals surface area (Å²) < 4.78 is 16.4. The molecule has 1 aliphatic heterocycles. The molecule has 2 aromatic rings. The number of esters is 1. The van der Waals surface area contributed by atoms with E-state index in [4.69, 9.17) is 13.9 Å². The summed E-state index contributed by atoms with van der Waals surface area (Å²) in [5, 5.41) is 3.36. The molecule has 2 heterocycles. The smallest absolute Gasteiger partial charge is 0.336 e. The molecule has 7 nitrogen and oxygen atoms in total. The Morgan fingerprint density at radius 3 is 2.44 bits per heavy atom. The summed E-state index contributed by atoms with van der Waals surface area (Å²) in [4.78, 5) is 28.7. The summed E-state index contributed by atoms with van der Waals surface area (Å²) >= 11 is 0. The minimum absolute atomic E-state index is 0.0178. The number of furan rings is 1. The first-order valence-corrected chi connectivity index (χ1v) is 11.5. The van der Waals surface area contributed by atoms with Crippen LogP contribution in [0.25, 0.3) is 0 Å². The van der Waals surface area contributed by atoms with Gasteiger partial charge in [0.2, 0.25) is 0 Å². The van der Waals surface area contributed by atoms with Crippen molar-refractivity contribution < 1.29 is 23.5 Å². The average molecular weight is 465 g/mol. The van der Waals surface area contributed by atoms with Gasteiger partial charge in [0.15, 0.2) is 5.78 Å². The topological polar surface area (TPSA) is 81.0 Å². The third-order valence-corrected chi connectivity index (χ3v) is 6.49. The van der Waals surface area contributed by atoms with Gasteiger partial charge in [0.1, 0.15) is 18.1 Å². The van der Waals surface area contributed by atoms with Crippen LogP contribution in [0.3, 0.4) is 0 Å². The third-order valence-electron chi connectivity index (χ3n) is 6.49. The van der Waals surface area contributed by atoms with Crippen LogP contribution < -0.4 is 10.2 Å². The van der Waals surface area contributed by atoms with Crippen LogP contribution in [0.15, 0.2) is 63.4 Å². The number of hydrogen-bond donors (Lipinski definition) is 1. The fraction of sp³-hybridized carbons (Fsp3) is 0.407. The number of rotatable bonds is 7. The molecule has 0 saturated heterocycles. The fourth-order valence-electron chi connectivity index (χ4n) is 4.78. The van der Waals surface area contributed by atoms with Gasteiger partial charge in [0, 0.05) is 50.3 Å². The Kier molecular flexibility index (Phi) is 6.93. The van der Waals surface area contributed by atoms with Crippen molar-refractivity contribution >= 4 is 17.4 Å². The second-order valence-electron chi connectivity index (χ2n) is 9.08. The van der Waals surface area contributed by atoms with E-state index in [2.05, 4.69) is 34.5 Å². The van der Waals surface area contributed by atoms with Gasteiger partial charge in [-0.05, 0) is 56.0 Å². The summed E-state index contributed by atoms with van der Waals surface area (Å²) in [6, 6.07) is 12.0. The molecular formula is C27H32N2O5. The molecule has 0 spiro atoms. The van der Waals surface area contributed by atoms with Crippen LogP contribution in [0.2, 0.25) is 0 Å². The van der Waals surface area contributed by atoms with E-state index < -0.39 is 11.9 Å². The maximum Gasteiger partial charge on any atom is 0.336 e. The minimum Gasteiger partial charge on any atom is -0.465 e. The monoisotopic (exact) mass is 464 g/mol. The standard InChI is InChI=1S/C27H32N2O5/c1-16-6-11-23(34-16)26-24(27(31)33-13-12-32-5)17(2)28-21-14-19(15-22(30)25(21)26)18-7-9-20(10-8-18)29(3)4/h6-11,19,26,28H,12-15H2,1-5H3/t19-,26+/m1/s1. The summed E-state index contributed by atoms with van der Waals surface area (Å²) in [5.41, 5.74) is 4.78. The molecule has 0 fully saturated rings. The van der Waals surface area contributed by atoms with Crippen LogP contribution >= 0.6 is 0 Å². The number of carbonyl (C=O) groups is 2. The van der Waals surface area contributed by atoms with E-state index in [1.807, 2.05) is 40.1 Å². The average Bonchev–Trinajstić information content (AvgIpc) is 3.24. The number of allylic oxidation sites excluding steroid dienone is 3. The molecule has 34 heavy (non-hydrogen) atoms. The first-order chi connectivity index (χ1) is 16.3. The lowest BCUT2D eigenvalue weighted by molar-refractivity contribution is -0.140. The predicted octanol–water partition coefficient (Wildman–Crippen LogP) is 4.21. The molecule has 180 valence electrons. The molecule has 2 aliphatic rings. The van der Waals surface area contributed by atoms with Crippen molar-refractivity contribution in [2.75, 3.05) is 39.3 Å². The number of nitrogens with zero attached hydrogens (tertiary/aromatic N) is 1. The van der Waals surface area contributed by atoms with E-state index in [9.17, 15) is 9.59 Å². The Morgan fingerprint density at radius 1 is 1.09 bits per heavy atom. The number of Topliss-reactive ketones (excluding diaryl/α,β-unsaturated/α-hetero) is 1. The number of benzene rings is 1. The molecule has 4 rings (SSSR count). The van der Waals surface area contributed by atoms with E-state index in [-0.39, 0.29) is 18.3 Å². The maximum atomic E-state index is 13.6. The van der Waals surface area contributed by atoms with Gasteiger partial charge in [-0.15, -0.1) is 0 Å². The highest BCUT2D eigenvalue weighted by molar-refractivity contribution is 6.04. The molecule has 0 unspecified atom stereocenters. The van der Waals surface area contributed by atoms with E-state index >= 15 is 0 Å². The molecule has 1 aromatic carbocycles. The Hall–Kier alpha value is -3.32. The highest BCUT2D eigenvalue weighted by Crippen LogP contribution is 2.46. The molecule has 0 radical (unpaired) electrons. The number of ether oxygens (including phenoxy) is 2. The number of carbonyl (C=O) groups excluding carboxylic acids is 2. The molecular weight excluding hydrogens is 432 g/mol. The van der Waals surface area contributed by atoms with Crippen molar-refractivity contribution in [2.45, 2.75) is 38.5 Å². The molecule has 1 aromatic heterocycles. The first-order valence-electron chi connectivity index (χ1n) is 11.5. The van der Waals surface area contributed by atoms with E-state index in [0.717, 1.165) is 22.7 Å². The van der Waals surface area contributed by atoms with Crippen molar-refractivity contribution in [2.24, 2.45) is 0 Å². The van der Waals surface area contributed by atoms with Gasteiger partial charge >= 0.3 is 5.97 Å². The number of methoxy groups -OCH3 is 1. The summed E-state index contributed by atoms with van der Waals surface area (Å²) in [6.07, 6.45) is 1.06. The summed E-state index contributed by atoms with van der Waals surface area (Å²) in [5.74, 6) is 0.321. The molecule has 0 saturated carbocycles. The Balaban J connectivity index is 1.69. The normalized spacial score (nSPS) is 20.2. The zero-order valence-corrected chi connectivity index (χ0v) is 20.4. The van der Waals surface area contributed by atoms with Crippen LogP contribution in [0.4, 0.5) is 5.69 Å². The molecule has 1 aliphatic carbocycles. The number of ketones is 1. The summed E-state index contributed by atoms with van der Waals surface area (Å²) in [7, 11) is 5.56. The van der Waals surface area contributed by atoms with Gasteiger partial charge in [-0.3, -0.25) is 4.79 Å². The van der Waals surface area contributed by atoms with Crippen molar-refractivity contribution in [3.05, 3.63) is 76.0 Å². The number of aryl methyl sites for hydroxylation is 1. The largest absolute Gasteiger partial charge is 0.465 e. The Morgan fingerprint density at radius 2 is 1.82 bits per heavy atom. The van der Waals surface area contributed by atoms with Crippen molar-refractivity contribution in [3.63, 3.8) is 0 Å². The van der Waals surface area contributed by atoms with Crippen LogP contribution in [-0.4, -0.2) is 46.2 Å². The van der Waals surface area contributed by atoms with Gasteiger partial charge in [-0.1, -0.05) is 12.1 Å². The van der Waals surface area contributed by atoms with Gasteiger partial charge in [-0.25, -0.2) is 4.79 Å². The van der Waals surface area contributed by atoms with E-state index in [1.165, 1.54) is 0 Å². The predicted molar refractivity (Wildman–Crippen MR) is 130 cm³/mol. The zero-order valence-electron chi connectivity index (χ0n) is 20.4. The van der Waals surface area contributed by atoms with Crippen molar-refractivity contribution in [3.8, 4) is 0 Å². The first kappa shape index (κ1) is 23.8. The SMILES string of the molecule is COCCOC(=O)C1=C(C)NC2=C(C(=O)C[C@H](c3ccc(N(C)C)cc3)C2)[C@H]1c1ccc(C)o1. The zero-order chi connectivity index (χ0) is 24.4. The van der Waals surface area contributed by atoms with Gasteiger partial charge < -0.3 is 24.1 Å². The van der Waals surface area contributed by atoms with Gasteiger partial charge in [-0.2, -0.15) is 0 Å². The molecule has 7 heteroatoms. The lowest BCUT2D eigenvalue weighted by Gasteiger charge is -2.35. The van der Waals surface area contributed by atoms with Crippen molar-refractivity contribution in [1.29, 1.82) is 0 Å². The number of anilines is 1. The van der Waals surface area contributed by atoms with Crippen molar-refractivity contribution in [1.82, 2.24) is 5.32 Å². The molecule has 2 atom stereocenters. The second-order valence-corrected chi connectivity index (χ2v) is 9.08. The summed E-state index contributed by atoms with van der Waals surface area (Å²) in [6.45, 7) is 4.14. The van der Waals surface area contributed by atoms with Crippen LogP contribution in [0, 0.1) is 6.92 Å². The van der Waals surface area contributed by atoms with Gasteiger partial charge in [0.25, 0.3) is 0 Å². The number of dihydropyridines is 1. The third kappa shape index (κ3) is 4.66.